The molecule has 3 aromatic carbocycles. The van der Waals surface area contributed by atoms with Gasteiger partial charge in [-0.2, -0.15) is 5.10 Å². The summed E-state index contributed by atoms with van der Waals surface area (Å²) in [6.45, 7) is 1.59. The molecular weight excluding hydrogens is 396 g/mol. The first-order valence-electron chi connectivity index (χ1n) is 11.2. The largest absolute Gasteiger partial charge is 0.337 e. The lowest BCUT2D eigenvalue weighted by Crippen LogP contribution is -2.34. The molecule has 5 heteroatoms. The van der Waals surface area contributed by atoms with Crippen LogP contribution in [0.15, 0.2) is 72.8 Å². The van der Waals surface area contributed by atoms with E-state index in [0.717, 1.165) is 48.1 Å². The number of likely N-dealkylation sites (N-methyl/N-ethyl adjacent to an activating group) is 1. The summed E-state index contributed by atoms with van der Waals surface area (Å²) in [5, 5.41) is 8.73. The maximum absolute atomic E-state index is 13.2. The summed E-state index contributed by atoms with van der Waals surface area (Å²) >= 11 is 0. The minimum Gasteiger partial charge on any atom is -0.337 e. The van der Waals surface area contributed by atoms with Gasteiger partial charge in [-0.3, -0.25) is 9.89 Å². The maximum atomic E-state index is 13.2. The van der Waals surface area contributed by atoms with Gasteiger partial charge in [0, 0.05) is 42.2 Å². The van der Waals surface area contributed by atoms with E-state index >= 15 is 0 Å². The van der Waals surface area contributed by atoms with E-state index in [9.17, 15) is 4.79 Å². The molecule has 1 atom stereocenters. The molecule has 2 heterocycles. The third kappa shape index (κ3) is 3.92. The summed E-state index contributed by atoms with van der Waals surface area (Å²) in [5.41, 5.74) is 6.30. The van der Waals surface area contributed by atoms with Gasteiger partial charge >= 0.3 is 0 Å². The number of aromatic nitrogens is 2. The highest BCUT2D eigenvalue weighted by Gasteiger charge is 2.28. The number of hydrogen-bond donors (Lipinski definition) is 1. The lowest BCUT2D eigenvalue weighted by molar-refractivity contribution is 0.0783. The Morgan fingerprint density at radius 3 is 2.62 bits per heavy atom. The molecule has 0 radical (unpaired) electrons. The van der Waals surface area contributed by atoms with Crippen LogP contribution in [0.1, 0.15) is 28.0 Å². The number of hydrogen-bond acceptors (Lipinski definition) is 3. The number of carbonyl (C=O) groups excluding carboxylic acids is 1. The molecule has 162 valence electrons. The minimum absolute atomic E-state index is 0.105. The molecule has 1 fully saturated rings. The van der Waals surface area contributed by atoms with Gasteiger partial charge in [0.15, 0.2) is 0 Å². The van der Waals surface area contributed by atoms with Crippen LogP contribution >= 0.6 is 0 Å². The molecule has 1 aliphatic heterocycles. The average molecular weight is 425 g/mol. The highest BCUT2D eigenvalue weighted by Crippen LogP contribution is 2.28. The van der Waals surface area contributed by atoms with E-state index in [1.807, 2.05) is 29.2 Å². The van der Waals surface area contributed by atoms with Gasteiger partial charge in [-0.15, -0.1) is 0 Å². The first kappa shape index (κ1) is 20.5. The van der Waals surface area contributed by atoms with Crippen LogP contribution in [0.2, 0.25) is 0 Å². The Morgan fingerprint density at radius 1 is 1.06 bits per heavy atom. The molecule has 1 amide bonds. The van der Waals surface area contributed by atoms with Crippen LogP contribution in [-0.2, 0) is 6.42 Å². The Balaban J connectivity index is 1.44. The number of nitrogens with one attached hydrogen (secondary N) is 1. The molecule has 32 heavy (non-hydrogen) atoms. The van der Waals surface area contributed by atoms with Crippen molar-refractivity contribution in [2.24, 2.45) is 0 Å². The number of benzene rings is 3. The second kappa shape index (κ2) is 8.60. The van der Waals surface area contributed by atoms with Crippen LogP contribution in [-0.4, -0.2) is 59.1 Å². The number of fused-ring (bicyclic) bond motifs is 1. The van der Waals surface area contributed by atoms with Crippen molar-refractivity contribution in [1.82, 2.24) is 20.0 Å². The van der Waals surface area contributed by atoms with Gasteiger partial charge in [-0.05, 0) is 55.4 Å². The van der Waals surface area contributed by atoms with Crippen LogP contribution < -0.4 is 0 Å². The molecule has 1 aliphatic rings. The summed E-state index contributed by atoms with van der Waals surface area (Å²) in [6, 6.07) is 25.2. The number of likely N-dealkylation sites (tertiary alicyclic amines) is 1. The summed E-state index contributed by atoms with van der Waals surface area (Å²) in [7, 11) is 4.16. The Kier molecular flexibility index (Phi) is 5.50. The zero-order chi connectivity index (χ0) is 22.1. The molecule has 1 N–H and O–H groups in total. The highest BCUT2D eigenvalue weighted by molar-refractivity contribution is 5.98. The lowest BCUT2D eigenvalue weighted by Gasteiger charge is -2.20. The Labute approximate surface area is 188 Å². The second-order valence-electron chi connectivity index (χ2n) is 8.79. The first-order chi connectivity index (χ1) is 15.6. The van der Waals surface area contributed by atoms with E-state index in [0.29, 0.717) is 6.04 Å². The maximum Gasteiger partial charge on any atom is 0.253 e. The molecule has 0 spiro atoms. The summed E-state index contributed by atoms with van der Waals surface area (Å²) in [6.07, 6.45) is 1.75. The molecule has 5 rings (SSSR count). The average Bonchev–Trinajstić information content (AvgIpc) is 3.47. The Hall–Kier alpha value is -3.44. The summed E-state index contributed by atoms with van der Waals surface area (Å²) in [5.74, 6) is 0.105. The van der Waals surface area contributed by atoms with E-state index in [1.54, 1.807) is 0 Å². The SMILES string of the molecule is CN(C)C1CCN(C(=O)c2ccc3n[nH]c(Cc4ccccc4-c4ccccc4)c3c2)C1. The van der Waals surface area contributed by atoms with Gasteiger partial charge in [0.2, 0.25) is 0 Å². The summed E-state index contributed by atoms with van der Waals surface area (Å²) in [4.78, 5) is 17.3. The van der Waals surface area contributed by atoms with Crippen molar-refractivity contribution in [2.45, 2.75) is 18.9 Å². The van der Waals surface area contributed by atoms with Crippen LogP contribution in [0.5, 0.6) is 0 Å². The van der Waals surface area contributed by atoms with Crippen molar-refractivity contribution in [3.63, 3.8) is 0 Å². The molecule has 1 aromatic heterocycles. The standard InChI is InChI=1S/C27H28N4O/c1-30(2)22-14-15-31(18-22)27(32)21-12-13-25-24(16-21)26(29-28-25)17-20-10-6-7-11-23(20)19-8-4-3-5-9-19/h3-13,16,22H,14-15,17-18H2,1-2H3,(H,28,29). The number of aromatic amines is 1. The minimum atomic E-state index is 0.105. The molecule has 0 aliphatic carbocycles. The van der Waals surface area contributed by atoms with E-state index in [2.05, 4.69) is 77.7 Å². The monoisotopic (exact) mass is 424 g/mol. The van der Waals surface area contributed by atoms with Crippen LogP contribution in [0, 0.1) is 0 Å². The molecule has 5 nitrogen and oxygen atoms in total. The van der Waals surface area contributed by atoms with Crippen molar-refractivity contribution in [3.8, 4) is 11.1 Å². The van der Waals surface area contributed by atoms with E-state index in [4.69, 9.17) is 0 Å². The summed E-state index contributed by atoms with van der Waals surface area (Å²) < 4.78 is 0. The molecule has 1 saturated heterocycles. The molecule has 4 aromatic rings. The topological polar surface area (TPSA) is 52.2 Å². The third-order valence-electron chi connectivity index (χ3n) is 6.53. The molecule has 0 bridgehead atoms. The fraction of sp³-hybridized carbons (Fsp3) is 0.259. The smallest absolute Gasteiger partial charge is 0.253 e. The van der Waals surface area contributed by atoms with Crippen molar-refractivity contribution < 1.29 is 4.79 Å². The first-order valence-corrected chi connectivity index (χ1v) is 11.2. The predicted molar refractivity (Wildman–Crippen MR) is 129 cm³/mol. The van der Waals surface area contributed by atoms with Gasteiger partial charge in [-0.25, -0.2) is 0 Å². The highest BCUT2D eigenvalue weighted by atomic mass is 16.2. The zero-order valence-corrected chi connectivity index (χ0v) is 18.6. The van der Waals surface area contributed by atoms with Crippen LogP contribution in [0.3, 0.4) is 0 Å². The van der Waals surface area contributed by atoms with E-state index in [-0.39, 0.29) is 5.91 Å². The van der Waals surface area contributed by atoms with Crippen LogP contribution in [0.4, 0.5) is 0 Å². The van der Waals surface area contributed by atoms with Crippen molar-refractivity contribution >= 4 is 16.8 Å². The van der Waals surface area contributed by atoms with Gasteiger partial charge in [0.1, 0.15) is 0 Å². The van der Waals surface area contributed by atoms with E-state index in [1.165, 1.54) is 16.7 Å². The third-order valence-corrected chi connectivity index (χ3v) is 6.53. The van der Waals surface area contributed by atoms with E-state index < -0.39 is 0 Å². The fourth-order valence-corrected chi connectivity index (χ4v) is 4.63. The number of amides is 1. The predicted octanol–water partition coefficient (Wildman–Crippen LogP) is 4.60. The lowest BCUT2D eigenvalue weighted by atomic mass is 9.96. The second-order valence-corrected chi connectivity index (χ2v) is 8.79. The molecule has 1 unspecified atom stereocenters. The normalized spacial score (nSPS) is 16.2. The van der Waals surface area contributed by atoms with Gasteiger partial charge in [0.25, 0.3) is 5.91 Å². The number of H-pyrrole nitrogens is 1. The molecule has 0 saturated carbocycles. The molecular formula is C27H28N4O. The van der Waals surface area contributed by atoms with Gasteiger partial charge < -0.3 is 9.80 Å². The zero-order valence-electron chi connectivity index (χ0n) is 18.6. The number of carbonyl (C=O) groups is 1. The Morgan fingerprint density at radius 2 is 1.84 bits per heavy atom. The van der Waals surface area contributed by atoms with Crippen molar-refractivity contribution in [2.75, 3.05) is 27.2 Å². The van der Waals surface area contributed by atoms with Gasteiger partial charge in [-0.1, -0.05) is 54.6 Å². The van der Waals surface area contributed by atoms with Crippen molar-refractivity contribution in [3.05, 3.63) is 89.6 Å². The quantitative estimate of drug-likeness (QED) is 0.510. The van der Waals surface area contributed by atoms with Crippen molar-refractivity contribution in [1.29, 1.82) is 0 Å². The van der Waals surface area contributed by atoms with Gasteiger partial charge in [0.05, 0.1) is 5.52 Å². The Bertz CT molecular complexity index is 1250. The number of nitrogens with zero attached hydrogens (tertiary/aromatic N) is 3. The number of rotatable bonds is 5. The van der Waals surface area contributed by atoms with Crippen LogP contribution in [0.25, 0.3) is 22.0 Å². The fourth-order valence-electron chi connectivity index (χ4n) is 4.63.